The van der Waals surface area contributed by atoms with Crippen molar-refractivity contribution in [1.82, 2.24) is 15.3 Å². The van der Waals surface area contributed by atoms with Crippen LogP contribution >= 0.6 is 0 Å². The first-order valence-electron chi connectivity index (χ1n) is 9.00. The van der Waals surface area contributed by atoms with E-state index < -0.39 is 0 Å². The largest absolute Gasteiger partial charge is 0.348 e. The first-order chi connectivity index (χ1) is 12.0. The molecule has 0 saturated heterocycles. The van der Waals surface area contributed by atoms with E-state index in [2.05, 4.69) is 53.5 Å². The first-order valence-corrected chi connectivity index (χ1v) is 9.00. The molecule has 132 valence electrons. The zero-order chi connectivity index (χ0) is 17.8. The molecule has 0 atom stereocenters. The van der Waals surface area contributed by atoms with Gasteiger partial charge in [0.25, 0.3) is 5.91 Å². The Morgan fingerprint density at radius 3 is 2.28 bits per heavy atom. The van der Waals surface area contributed by atoms with Crippen LogP contribution in [-0.4, -0.2) is 21.9 Å². The quantitative estimate of drug-likeness (QED) is 0.876. The summed E-state index contributed by atoms with van der Waals surface area (Å²) >= 11 is 0. The van der Waals surface area contributed by atoms with Crippen LogP contribution in [-0.2, 0) is 0 Å². The Labute approximate surface area is 149 Å². The first kappa shape index (κ1) is 17.4. The van der Waals surface area contributed by atoms with Gasteiger partial charge in [-0.3, -0.25) is 4.79 Å². The average molecular weight is 338 g/mol. The molecule has 1 aromatic heterocycles. The number of nitrogens with zero attached hydrogens (tertiary/aromatic N) is 2. The van der Waals surface area contributed by atoms with E-state index in [1.54, 1.807) is 12.4 Å². The lowest BCUT2D eigenvalue weighted by Gasteiger charge is -2.22. The van der Waals surface area contributed by atoms with Gasteiger partial charge in [-0.25, -0.2) is 9.97 Å². The summed E-state index contributed by atoms with van der Waals surface area (Å²) in [6, 6.07) is 4.54. The van der Waals surface area contributed by atoms with E-state index in [1.807, 2.05) is 0 Å². The minimum absolute atomic E-state index is 0.131. The van der Waals surface area contributed by atoms with E-state index in [1.165, 1.54) is 36.0 Å². The number of amides is 1. The van der Waals surface area contributed by atoms with Crippen molar-refractivity contribution in [3.8, 4) is 0 Å². The zero-order valence-electron chi connectivity index (χ0n) is 15.2. The maximum absolute atomic E-state index is 12.3. The number of hydrogen-bond acceptors (Lipinski definition) is 4. The Balaban J connectivity index is 1.67. The molecule has 2 N–H and O–H groups in total. The molecule has 5 nitrogen and oxygen atoms in total. The second-order valence-electron chi connectivity index (χ2n) is 6.99. The van der Waals surface area contributed by atoms with Gasteiger partial charge in [-0.2, -0.15) is 0 Å². The number of aryl methyl sites for hydroxylation is 3. The molecule has 2 aromatic rings. The highest BCUT2D eigenvalue weighted by atomic mass is 16.1. The Kier molecular flexibility index (Phi) is 5.31. The highest BCUT2D eigenvalue weighted by Gasteiger charge is 2.17. The van der Waals surface area contributed by atoms with Crippen molar-refractivity contribution in [2.75, 3.05) is 5.32 Å². The van der Waals surface area contributed by atoms with Crippen LogP contribution < -0.4 is 10.6 Å². The zero-order valence-corrected chi connectivity index (χ0v) is 15.2. The Bertz CT molecular complexity index is 726. The number of carbonyl (C=O) groups is 1. The van der Waals surface area contributed by atoms with Gasteiger partial charge >= 0.3 is 0 Å². The molecule has 0 bridgehead atoms. The van der Waals surface area contributed by atoms with Crippen LogP contribution in [0.15, 0.2) is 24.5 Å². The summed E-state index contributed by atoms with van der Waals surface area (Å²) in [6.07, 6.45) is 8.93. The summed E-state index contributed by atoms with van der Waals surface area (Å²) in [5.41, 5.74) is 4.98. The number of benzene rings is 1. The third kappa shape index (κ3) is 4.35. The lowest BCUT2D eigenvalue weighted by Crippen LogP contribution is -2.36. The van der Waals surface area contributed by atoms with E-state index in [-0.39, 0.29) is 11.9 Å². The molecule has 1 aliphatic carbocycles. The third-order valence-electron chi connectivity index (χ3n) is 4.75. The van der Waals surface area contributed by atoms with Crippen LogP contribution in [0.5, 0.6) is 0 Å². The SMILES string of the molecule is Cc1cc(C)c(Nc2cnc(C(=O)NC3CCCCC3)cn2)c(C)c1. The van der Waals surface area contributed by atoms with Gasteiger partial charge in [0.05, 0.1) is 12.4 Å². The van der Waals surface area contributed by atoms with Crippen LogP contribution in [0.4, 0.5) is 11.5 Å². The van der Waals surface area contributed by atoms with Crippen molar-refractivity contribution in [3.63, 3.8) is 0 Å². The summed E-state index contributed by atoms with van der Waals surface area (Å²) in [7, 11) is 0. The van der Waals surface area contributed by atoms with Crippen LogP contribution in [0, 0.1) is 20.8 Å². The Hall–Kier alpha value is -2.43. The van der Waals surface area contributed by atoms with Crippen molar-refractivity contribution in [1.29, 1.82) is 0 Å². The molecular weight excluding hydrogens is 312 g/mol. The number of rotatable bonds is 4. The minimum atomic E-state index is -0.131. The van der Waals surface area contributed by atoms with Crippen LogP contribution in [0.2, 0.25) is 0 Å². The molecule has 0 unspecified atom stereocenters. The highest BCUT2D eigenvalue weighted by molar-refractivity contribution is 5.92. The summed E-state index contributed by atoms with van der Waals surface area (Å²) in [5, 5.41) is 6.38. The molecule has 1 saturated carbocycles. The lowest BCUT2D eigenvalue weighted by atomic mass is 9.95. The molecule has 5 heteroatoms. The van der Waals surface area contributed by atoms with Crippen molar-refractivity contribution < 1.29 is 4.79 Å². The van der Waals surface area contributed by atoms with E-state index in [4.69, 9.17) is 0 Å². The third-order valence-corrected chi connectivity index (χ3v) is 4.75. The van der Waals surface area contributed by atoms with Gasteiger partial charge in [-0.15, -0.1) is 0 Å². The normalized spacial score (nSPS) is 15.0. The number of aromatic nitrogens is 2. The van der Waals surface area contributed by atoms with Crippen LogP contribution in [0.3, 0.4) is 0 Å². The maximum atomic E-state index is 12.3. The summed E-state index contributed by atoms with van der Waals surface area (Å²) in [6.45, 7) is 6.23. The molecule has 0 spiro atoms. The monoisotopic (exact) mass is 338 g/mol. The van der Waals surface area contributed by atoms with Crippen molar-refractivity contribution in [2.45, 2.75) is 58.9 Å². The van der Waals surface area contributed by atoms with Crippen LogP contribution in [0.1, 0.15) is 59.3 Å². The number of carbonyl (C=O) groups excluding carboxylic acids is 1. The maximum Gasteiger partial charge on any atom is 0.271 e. The van der Waals surface area contributed by atoms with E-state index in [9.17, 15) is 4.79 Å². The second-order valence-corrected chi connectivity index (χ2v) is 6.99. The van der Waals surface area contributed by atoms with Gasteiger partial charge < -0.3 is 10.6 Å². The van der Waals surface area contributed by atoms with E-state index in [0.717, 1.165) is 18.5 Å². The fourth-order valence-corrected chi connectivity index (χ4v) is 3.52. The minimum Gasteiger partial charge on any atom is -0.348 e. The summed E-state index contributed by atoms with van der Waals surface area (Å²) in [5.74, 6) is 0.512. The molecule has 1 fully saturated rings. The number of anilines is 2. The molecule has 0 radical (unpaired) electrons. The standard InChI is InChI=1S/C20H26N4O/c1-13-9-14(2)19(15(3)10-13)24-18-12-21-17(11-22-18)20(25)23-16-7-5-4-6-8-16/h9-12,16H,4-8H2,1-3H3,(H,22,24)(H,23,25). The Morgan fingerprint density at radius 1 is 1.00 bits per heavy atom. The molecular formula is C20H26N4O. The molecule has 1 aliphatic rings. The summed E-state index contributed by atoms with van der Waals surface area (Å²) in [4.78, 5) is 20.9. The highest BCUT2D eigenvalue weighted by Crippen LogP contribution is 2.24. The molecule has 1 amide bonds. The van der Waals surface area contributed by atoms with E-state index in [0.29, 0.717) is 11.5 Å². The molecule has 25 heavy (non-hydrogen) atoms. The van der Waals surface area contributed by atoms with Gasteiger partial charge in [0.15, 0.2) is 0 Å². The van der Waals surface area contributed by atoms with Gasteiger partial charge in [-0.1, -0.05) is 37.0 Å². The number of nitrogens with one attached hydrogen (secondary N) is 2. The fraction of sp³-hybridized carbons (Fsp3) is 0.450. The van der Waals surface area contributed by atoms with Crippen molar-refractivity contribution in [3.05, 3.63) is 46.9 Å². The lowest BCUT2D eigenvalue weighted by molar-refractivity contribution is 0.0922. The van der Waals surface area contributed by atoms with Gasteiger partial charge in [0, 0.05) is 11.7 Å². The molecule has 0 aliphatic heterocycles. The van der Waals surface area contributed by atoms with Gasteiger partial charge in [-0.05, 0) is 44.7 Å². The molecule has 1 heterocycles. The second kappa shape index (κ2) is 7.64. The smallest absolute Gasteiger partial charge is 0.271 e. The predicted octanol–water partition coefficient (Wildman–Crippen LogP) is 4.21. The van der Waals surface area contributed by atoms with Gasteiger partial charge in [0.1, 0.15) is 11.5 Å². The van der Waals surface area contributed by atoms with E-state index >= 15 is 0 Å². The van der Waals surface area contributed by atoms with Crippen LogP contribution in [0.25, 0.3) is 0 Å². The number of hydrogen-bond donors (Lipinski definition) is 2. The van der Waals surface area contributed by atoms with Crippen molar-refractivity contribution >= 4 is 17.4 Å². The summed E-state index contributed by atoms with van der Waals surface area (Å²) < 4.78 is 0. The van der Waals surface area contributed by atoms with Crippen molar-refractivity contribution in [2.24, 2.45) is 0 Å². The fourth-order valence-electron chi connectivity index (χ4n) is 3.52. The molecule has 3 rings (SSSR count). The average Bonchev–Trinajstić information content (AvgIpc) is 2.59. The molecule has 1 aromatic carbocycles. The van der Waals surface area contributed by atoms with Gasteiger partial charge in [0.2, 0.25) is 0 Å². The Morgan fingerprint density at radius 2 is 1.68 bits per heavy atom. The topological polar surface area (TPSA) is 66.9 Å². The predicted molar refractivity (Wildman–Crippen MR) is 100 cm³/mol.